The third-order valence-corrected chi connectivity index (χ3v) is 3.73. The van der Waals surface area contributed by atoms with Crippen LogP contribution in [0.2, 0.25) is 0 Å². The lowest BCUT2D eigenvalue weighted by Gasteiger charge is -2.26. The Kier molecular flexibility index (Phi) is 5.92. The van der Waals surface area contributed by atoms with E-state index in [0.29, 0.717) is 6.61 Å². The van der Waals surface area contributed by atoms with Gasteiger partial charge >= 0.3 is 0 Å². The van der Waals surface area contributed by atoms with E-state index in [2.05, 4.69) is 30.8 Å². The second kappa shape index (κ2) is 8.77. The predicted molar refractivity (Wildman–Crippen MR) is 90.6 cm³/mol. The highest BCUT2D eigenvalue weighted by Gasteiger charge is 2.11. The van der Waals surface area contributed by atoms with E-state index in [1.807, 2.05) is 30.3 Å². The van der Waals surface area contributed by atoms with E-state index < -0.39 is 0 Å². The molecule has 3 rings (SSSR count). The number of hydrogen-bond acceptors (Lipinski definition) is 8. The lowest BCUT2D eigenvalue weighted by molar-refractivity contribution is 0.0323. The molecule has 9 heteroatoms. The summed E-state index contributed by atoms with van der Waals surface area (Å²) in [5.41, 5.74) is 1.04. The van der Waals surface area contributed by atoms with Gasteiger partial charge in [-0.05, 0) is 17.3 Å². The van der Waals surface area contributed by atoms with E-state index in [1.54, 1.807) is 0 Å². The van der Waals surface area contributed by atoms with Crippen molar-refractivity contribution in [1.82, 2.24) is 25.5 Å². The average molecular weight is 341 g/mol. The quantitative estimate of drug-likeness (QED) is 0.714. The minimum absolute atomic E-state index is 0.237. The summed E-state index contributed by atoms with van der Waals surface area (Å²) < 4.78 is 11.2. The SMILES string of the molecule is N#CC(=CNc1ccccc1OCCN1CCOCC1)c1nn[nH]n1. The molecule has 0 aliphatic carbocycles. The first kappa shape index (κ1) is 16.9. The third-order valence-electron chi connectivity index (χ3n) is 3.73. The normalized spacial score (nSPS) is 15.6. The molecule has 0 radical (unpaired) electrons. The van der Waals surface area contributed by atoms with Gasteiger partial charge in [0.25, 0.3) is 0 Å². The summed E-state index contributed by atoms with van der Waals surface area (Å²) in [5, 5.41) is 25.7. The van der Waals surface area contributed by atoms with Gasteiger partial charge in [-0.1, -0.05) is 12.1 Å². The number of hydrogen-bond donors (Lipinski definition) is 2. The van der Waals surface area contributed by atoms with E-state index in [4.69, 9.17) is 9.47 Å². The zero-order chi connectivity index (χ0) is 17.3. The molecule has 1 aromatic carbocycles. The van der Waals surface area contributed by atoms with Crippen LogP contribution in [0, 0.1) is 11.3 Å². The number of anilines is 1. The van der Waals surface area contributed by atoms with Crippen LogP contribution in [-0.2, 0) is 4.74 Å². The number of benzene rings is 1. The van der Waals surface area contributed by atoms with Crippen molar-refractivity contribution < 1.29 is 9.47 Å². The molecule has 0 spiro atoms. The Morgan fingerprint density at radius 2 is 2.24 bits per heavy atom. The molecule has 0 atom stereocenters. The van der Waals surface area contributed by atoms with Crippen LogP contribution in [0.3, 0.4) is 0 Å². The number of morpholine rings is 1. The topological polar surface area (TPSA) is 112 Å². The Balaban J connectivity index is 1.59. The Bertz CT molecular complexity index is 733. The van der Waals surface area contributed by atoms with Gasteiger partial charge in [0.2, 0.25) is 5.82 Å². The molecular weight excluding hydrogens is 322 g/mol. The average Bonchev–Trinajstić information content (AvgIpc) is 3.19. The van der Waals surface area contributed by atoms with Gasteiger partial charge in [-0.3, -0.25) is 4.90 Å². The highest BCUT2D eigenvalue weighted by molar-refractivity contribution is 5.74. The molecule has 0 unspecified atom stereocenters. The lowest BCUT2D eigenvalue weighted by Crippen LogP contribution is -2.38. The van der Waals surface area contributed by atoms with Crippen LogP contribution in [0.15, 0.2) is 30.5 Å². The van der Waals surface area contributed by atoms with Crippen LogP contribution in [-0.4, -0.2) is 65.0 Å². The monoisotopic (exact) mass is 341 g/mol. The molecule has 1 saturated heterocycles. The van der Waals surface area contributed by atoms with Gasteiger partial charge in [-0.15, -0.1) is 10.2 Å². The standard InChI is InChI=1S/C16H19N7O2/c17-11-13(16-19-21-22-20-16)12-18-14-3-1-2-4-15(14)25-10-7-23-5-8-24-9-6-23/h1-4,12,18H,5-10H2,(H,19,20,21,22). The molecule has 1 aliphatic heterocycles. The van der Waals surface area contributed by atoms with E-state index in [0.717, 1.165) is 44.3 Å². The number of H-pyrrole nitrogens is 1. The van der Waals surface area contributed by atoms with Crippen molar-refractivity contribution in [3.05, 3.63) is 36.3 Å². The molecule has 25 heavy (non-hydrogen) atoms. The van der Waals surface area contributed by atoms with Crippen molar-refractivity contribution in [3.63, 3.8) is 0 Å². The van der Waals surface area contributed by atoms with E-state index >= 15 is 0 Å². The number of nitrogens with zero attached hydrogens (tertiary/aromatic N) is 5. The number of rotatable bonds is 7. The van der Waals surface area contributed by atoms with Gasteiger partial charge in [0.1, 0.15) is 24.0 Å². The fraction of sp³-hybridized carbons (Fsp3) is 0.375. The van der Waals surface area contributed by atoms with E-state index in [1.165, 1.54) is 6.20 Å². The third kappa shape index (κ3) is 4.76. The van der Waals surface area contributed by atoms with Crippen molar-refractivity contribution in [2.45, 2.75) is 0 Å². The highest BCUT2D eigenvalue weighted by Crippen LogP contribution is 2.24. The molecule has 1 aliphatic rings. The minimum Gasteiger partial charge on any atom is -0.490 e. The number of aromatic nitrogens is 4. The Morgan fingerprint density at radius 3 is 3.00 bits per heavy atom. The maximum atomic E-state index is 9.20. The van der Waals surface area contributed by atoms with Crippen molar-refractivity contribution in [2.24, 2.45) is 0 Å². The second-order valence-corrected chi connectivity index (χ2v) is 5.35. The number of nitrogens with one attached hydrogen (secondary N) is 2. The summed E-state index contributed by atoms with van der Waals surface area (Å²) in [6.07, 6.45) is 1.54. The first-order valence-electron chi connectivity index (χ1n) is 7.99. The summed E-state index contributed by atoms with van der Waals surface area (Å²) in [5.74, 6) is 0.957. The molecule has 2 N–H and O–H groups in total. The van der Waals surface area contributed by atoms with Crippen LogP contribution in [0.4, 0.5) is 5.69 Å². The summed E-state index contributed by atoms with van der Waals surface area (Å²) in [4.78, 5) is 2.31. The summed E-state index contributed by atoms with van der Waals surface area (Å²) >= 11 is 0. The molecule has 0 saturated carbocycles. The van der Waals surface area contributed by atoms with Crippen molar-refractivity contribution in [2.75, 3.05) is 44.8 Å². The van der Waals surface area contributed by atoms with Gasteiger partial charge < -0.3 is 14.8 Å². The Morgan fingerprint density at radius 1 is 1.40 bits per heavy atom. The molecule has 2 aromatic rings. The molecule has 130 valence electrons. The fourth-order valence-corrected chi connectivity index (χ4v) is 2.39. The number of para-hydroxylation sites is 2. The van der Waals surface area contributed by atoms with Crippen molar-refractivity contribution >= 4 is 11.3 Å². The van der Waals surface area contributed by atoms with E-state index in [9.17, 15) is 5.26 Å². The van der Waals surface area contributed by atoms with Crippen LogP contribution in [0.5, 0.6) is 5.75 Å². The molecule has 2 heterocycles. The van der Waals surface area contributed by atoms with Crippen LogP contribution in [0.1, 0.15) is 5.82 Å². The zero-order valence-corrected chi connectivity index (χ0v) is 13.7. The van der Waals surface area contributed by atoms with E-state index in [-0.39, 0.29) is 11.4 Å². The van der Waals surface area contributed by atoms with Crippen LogP contribution >= 0.6 is 0 Å². The smallest absolute Gasteiger partial charge is 0.216 e. The number of aromatic amines is 1. The number of ether oxygens (including phenoxy) is 2. The van der Waals surface area contributed by atoms with Gasteiger partial charge in [-0.25, -0.2) is 0 Å². The highest BCUT2D eigenvalue weighted by atomic mass is 16.5. The van der Waals surface area contributed by atoms with Gasteiger partial charge in [0.05, 0.1) is 18.9 Å². The molecule has 9 nitrogen and oxygen atoms in total. The summed E-state index contributed by atoms with van der Waals surface area (Å²) in [6, 6.07) is 9.60. The van der Waals surface area contributed by atoms with Crippen LogP contribution in [0.25, 0.3) is 5.57 Å². The van der Waals surface area contributed by atoms with Crippen LogP contribution < -0.4 is 10.1 Å². The first-order valence-corrected chi connectivity index (χ1v) is 7.99. The van der Waals surface area contributed by atoms with Gasteiger partial charge in [0, 0.05) is 25.8 Å². The maximum Gasteiger partial charge on any atom is 0.216 e. The number of allylic oxidation sites excluding steroid dienone is 1. The molecular formula is C16H19N7O2. The maximum absolute atomic E-state index is 9.20. The summed E-state index contributed by atoms with van der Waals surface area (Å²) in [7, 11) is 0. The second-order valence-electron chi connectivity index (χ2n) is 5.35. The largest absolute Gasteiger partial charge is 0.490 e. The number of tetrazole rings is 1. The molecule has 0 amide bonds. The van der Waals surface area contributed by atoms with Gasteiger partial charge in [0.15, 0.2) is 0 Å². The van der Waals surface area contributed by atoms with Gasteiger partial charge in [-0.2, -0.15) is 10.5 Å². The van der Waals surface area contributed by atoms with Crippen molar-refractivity contribution in [3.8, 4) is 11.8 Å². The molecule has 0 bridgehead atoms. The summed E-state index contributed by atoms with van der Waals surface area (Å²) in [6.45, 7) is 4.84. The molecule has 1 fully saturated rings. The first-order chi connectivity index (χ1) is 12.4. The zero-order valence-electron chi connectivity index (χ0n) is 13.7. The van der Waals surface area contributed by atoms with Crippen molar-refractivity contribution in [1.29, 1.82) is 5.26 Å². The predicted octanol–water partition coefficient (Wildman–Crippen LogP) is 0.887. The lowest BCUT2D eigenvalue weighted by atomic mass is 10.2. The Hall–Kier alpha value is -2.96. The Labute approximate surface area is 145 Å². The fourth-order valence-electron chi connectivity index (χ4n) is 2.39. The number of nitriles is 1. The molecule has 1 aromatic heterocycles. The minimum atomic E-state index is 0.237.